The normalized spacial score (nSPS) is 10.5. The molecule has 1 aromatic heterocycles. The molecule has 0 aliphatic heterocycles. The molecule has 0 spiro atoms. The van der Waals surface area contributed by atoms with Crippen LogP contribution in [-0.4, -0.2) is 11.0 Å². The lowest BCUT2D eigenvalue weighted by molar-refractivity contribution is 0.262. The summed E-state index contributed by atoms with van der Waals surface area (Å²) in [5, 5.41) is 8.09. The molecule has 0 aliphatic carbocycles. The fourth-order valence-electron chi connectivity index (χ4n) is 2.41. The topological polar surface area (TPSA) is 54.0 Å². The largest absolute Gasteiger partial charge is 0.325 e. The fourth-order valence-corrected chi connectivity index (χ4v) is 3.51. The summed E-state index contributed by atoms with van der Waals surface area (Å²) in [6.07, 6.45) is 2.22. The van der Waals surface area contributed by atoms with Gasteiger partial charge < -0.3 is 5.32 Å². The van der Waals surface area contributed by atoms with Crippen LogP contribution in [0.1, 0.15) is 18.9 Å². The van der Waals surface area contributed by atoms with Crippen molar-refractivity contribution >= 4 is 44.1 Å². The van der Waals surface area contributed by atoms with Gasteiger partial charge in [0, 0.05) is 15.4 Å². The van der Waals surface area contributed by atoms with Crippen LogP contribution in [0.3, 0.4) is 0 Å². The number of carbonyl (C=O) groups is 1. The quantitative estimate of drug-likeness (QED) is 0.523. The van der Waals surface area contributed by atoms with Crippen molar-refractivity contribution in [3.8, 4) is 11.3 Å². The molecule has 25 heavy (non-hydrogen) atoms. The average Bonchev–Trinajstić information content (AvgIpc) is 3.06. The van der Waals surface area contributed by atoms with E-state index in [0.717, 1.165) is 28.6 Å². The number of rotatable bonds is 5. The van der Waals surface area contributed by atoms with Gasteiger partial charge in [-0.2, -0.15) is 0 Å². The summed E-state index contributed by atoms with van der Waals surface area (Å²) in [5.41, 5.74) is 3.95. The van der Waals surface area contributed by atoms with Crippen LogP contribution in [0, 0.1) is 0 Å². The van der Waals surface area contributed by atoms with Crippen molar-refractivity contribution in [1.82, 2.24) is 4.98 Å². The Labute approximate surface area is 159 Å². The van der Waals surface area contributed by atoms with Gasteiger partial charge in [-0.1, -0.05) is 49.7 Å². The molecule has 3 rings (SSSR count). The molecular formula is C19H18BrN3OS. The number of urea groups is 1. The molecule has 0 radical (unpaired) electrons. The molecular weight excluding hydrogens is 398 g/mol. The molecule has 0 atom stereocenters. The van der Waals surface area contributed by atoms with Crippen LogP contribution < -0.4 is 10.6 Å². The van der Waals surface area contributed by atoms with E-state index in [1.54, 1.807) is 0 Å². The Hall–Kier alpha value is -2.18. The van der Waals surface area contributed by atoms with Crippen molar-refractivity contribution in [2.24, 2.45) is 0 Å². The number of hydrogen-bond acceptors (Lipinski definition) is 3. The van der Waals surface area contributed by atoms with Crippen molar-refractivity contribution in [2.75, 3.05) is 10.6 Å². The van der Waals surface area contributed by atoms with Gasteiger partial charge in [0.05, 0.1) is 11.4 Å². The lowest BCUT2D eigenvalue weighted by atomic mass is 10.1. The van der Waals surface area contributed by atoms with E-state index in [1.165, 1.54) is 16.9 Å². The average molecular weight is 416 g/mol. The first-order valence-corrected chi connectivity index (χ1v) is 9.70. The number of anilines is 2. The maximum absolute atomic E-state index is 12.1. The summed E-state index contributed by atoms with van der Waals surface area (Å²) in [6, 6.07) is 15.6. The molecule has 0 saturated carbocycles. The highest BCUT2D eigenvalue weighted by atomic mass is 79.9. The second-order valence-electron chi connectivity index (χ2n) is 5.54. The minimum absolute atomic E-state index is 0.314. The predicted octanol–water partition coefficient (Wildman–Crippen LogP) is 6.17. The number of hydrogen-bond donors (Lipinski definition) is 2. The van der Waals surface area contributed by atoms with Crippen molar-refractivity contribution in [3.63, 3.8) is 0 Å². The van der Waals surface area contributed by atoms with Crippen molar-refractivity contribution < 1.29 is 4.79 Å². The number of halogens is 1. The van der Waals surface area contributed by atoms with E-state index in [2.05, 4.69) is 62.7 Å². The number of nitrogens with one attached hydrogen (secondary N) is 2. The van der Waals surface area contributed by atoms with Gasteiger partial charge in [0.2, 0.25) is 0 Å². The molecule has 0 saturated heterocycles. The third-order valence-electron chi connectivity index (χ3n) is 3.64. The number of aryl methyl sites for hydroxylation is 1. The second kappa shape index (κ2) is 8.27. The highest BCUT2D eigenvalue weighted by Crippen LogP contribution is 2.26. The zero-order valence-electron chi connectivity index (χ0n) is 13.8. The van der Waals surface area contributed by atoms with Crippen LogP contribution >= 0.6 is 27.3 Å². The van der Waals surface area contributed by atoms with Crippen LogP contribution in [0.2, 0.25) is 0 Å². The summed E-state index contributed by atoms with van der Waals surface area (Å²) < 4.78 is 0.831. The molecule has 128 valence electrons. The highest BCUT2D eigenvalue weighted by molar-refractivity contribution is 9.10. The van der Waals surface area contributed by atoms with E-state index in [9.17, 15) is 4.79 Å². The molecule has 0 aliphatic rings. The van der Waals surface area contributed by atoms with Crippen molar-refractivity contribution in [3.05, 3.63) is 63.9 Å². The Morgan fingerprint density at radius 2 is 1.88 bits per heavy atom. The number of nitrogens with zero attached hydrogens (tertiary/aromatic N) is 1. The van der Waals surface area contributed by atoms with Gasteiger partial charge >= 0.3 is 6.03 Å². The molecule has 2 N–H and O–H groups in total. The number of amides is 2. The van der Waals surface area contributed by atoms with Crippen LogP contribution in [0.15, 0.2) is 58.4 Å². The van der Waals surface area contributed by atoms with E-state index in [-0.39, 0.29) is 6.03 Å². The van der Waals surface area contributed by atoms with Gasteiger partial charge in [0.15, 0.2) is 5.13 Å². The Morgan fingerprint density at radius 1 is 1.12 bits per heavy atom. The van der Waals surface area contributed by atoms with Gasteiger partial charge in [-0.15, -0.1) is 11.3 Å². The first-order chi connectivity index (χ1) is 12.2. The molecule has 0 unspecified atom stereocenters. The number of thiazole rings is 1. The molecule has 1 heterocycles. The number of aromatic nitrogens is 1. The van der Waals surface area contributed by atoms with Crippen LogP contribution in [0.4, 0.5) is 15.6 Å². The highest BCUT2D eigenvalue weighted by Gasteiger charge is 2.09. The summed E-state index contributed by atoms with van der Waals surface area (Å²) in [6.45, 7) is 2.17. The summed E-state index contributed by atoms with van der Waals surface area (Å²) in [7, 11) is 0. The predicted molar refractivity (Wildman–Crippen MR) is 108 cm³/mol. The zero-order valence-corrected chi connectivity index (χ0v) is 16.2. The minimum Gasteiger partial charge on any atom is -0.307 e. The summed E-state index contributed by atoms with van der Waals surface area (Å²) >= 11 is 4.81. The Bertz CT molecular complexity index is 861. The van der Waals surface area contributed by atoms with Gasteiger partial charge in [-0.25, -0.2) is 9.78 Å². The van der Waals surface area contributed by atoms with Crippen LogP contribution in [0.5, 0.6) is 0 Å². The smallest absolute Gasteiger partial charge is 0.307 e. The lowest BCUT2D eigenvalue weighted by Crippen LogP contribution is -2.19. The van der Waals surface area contributed by atoms with E-state index in [1.807, 2.05) is 29.6 Å². The van der Waals surface area contributed by atoms with Crippen molar-refractivity contribution in [2.45, 2.75) is 19.8 Å². The van der Waals surface area contributed by atoms with Crippen molar-refractivity contribution in [1.29, 1.82) is 0 Å². The first kappa shape index (κ1) is 17.6. The van der Waals surface area contributed by atoms with Gasteiger partial charge in [0.1, 0.15) is 0 Å². The number of carbonyl (C=O) groups excluding carboxylic acids is 1. The number of benzene rings is 2. The molecule has 0 bridgehead atoms. The minimum atomic E-state index is -0.314. The maximum Gasteiger partial charge on any atom is 0.325 e. The molecule has 3 aromatic rings. The molecule has 2 amide bonds. The summed E-state index contributed by atoms with van der Waals surface area (Å²) in [5.74, 6) is 0. The van der Waals surface area contributed by atoms with Gasteiger partial charge in [-0.3, -0.25) is 5.32 Å². The SMILES string of the molecule is CCCc1ccc(-c2csc(NC(=O)Nc3ccccc3Br)n2)cc1. The Balaban J connectivity index is 1.65. The van der Waals surface area contributed by atoms with E-state index in [4.69, 9.17) is 0 Å². The maximum atomic E-state index is 12.1. The zero-order chi connectivity index (χ0) is 17.6. The van der Waals surface area contributed by atoms with Gasteiger partial charge in [-0.05, 0) is 40.0 Å². The van der Waals surface area contributed by atoms with E-state index >= 15 is 0 Å². The number of para-hydroxylation sites is 1. The van der Waals surface area contributed by atoms with E-state index < -0.39 is 0 Å². The standard InChI is InChI=1S/C19H18BrN3OS/c1-2-5-13-8-10-14(11-9-13)17-12-25-19(22-17)23-18(24)21-16-7-4-3-6-15(16)20/h3-4,6-12H,2,5H2,1H3,(H2,21,22,23,24). The summed E-state index contributed by atoms with van der Waals surface area (Å²) in [4.78, 5) is 16.6. The molecule has 4 nitrogen and oxygen atoms in total. The molecule has 2 aromatic carbocycles. The monoisotopic (exact) mass is 415 g/mol. The third kappa shape index (κ3) is 4.67. The second-order valence-corrected chi connectivity index (χ2v) is 7.26. The Kier molecular flexibility index (Phi) is 5.83. The van der Waals surface area contributed by atoms with E-state index in [0.29, 0.717) is 10.8 Å². The Morgan fingerprint density at radius 3 is 2.60 bits per heavy atom. The van der Waals surface area contributed by atoms with Crippen LogP contribution in [0.25, 0.3) is 11.3 Å². The first-order valence-electron chi connectivity index (χ1n) is 8.03. The van der Waals surface area contributed by atoms with Gasteiger partial charge in [0.25, 0.3) is 0 Å². The lowest BCUT2D eigenvalue weighted by Gasteiger charge is -2.06. The van der Waals surface area contributed by atoms with Crippen LogP contribution in [-0.2, 0) is 6.42 Å². The third-order valence-corrected chi connectivity index (χ3v) is 5.08. The molecule has 6 heteroatoms. The fraction of sp³-hybridized carbons (Fsp3) is 0.158. The molecule has 0 fully saturated rings.